The van der Waals surface area contributed by atoms with Crippen LogP contribution in [0.3, 0.4) is 0 Å². The molecule has 2 aliphatic rings. The molecule has 2 aromatic rings. The molecule has 9 heteroatoms. The number of nitrogens with zero attached hydrogens (tertiary/aromatic N) is 2. The average Bonchev–Trinajstić information content (AvgIpc) is 3.19. The van der Waals surface area contributed by atoms with E-state index in [1.807, 2.05) is 18.7 Å². The monoisotopic (exact) mass is 454 g/mol. The zero-order valence-corrected chi connectivity index (χ0v) is 19.0. The number of likely N-dealkylation sites (N-methyl/N-ethyl adjacent to an activating group) is 1. The molecule has 2 atom stereocenters. The Hall–Kier alpha value is -3.59. The Labute approximate surface area is 192 Å². The van der Waals surface area contributed by atoms with E-state index in [0.29, 0.717) is 18.2 Å². The SMILES string of the molecule is CCN(CC)C(=O)NC1C=C2c3cccc4[nH]cc(c34)C[C@H]2N(C)C1.O=C(O)/C=C\C(=O)O. The lowest BCUT2D eigenvalue weighted by Crippen LogP contribution is -2.52. The molecule has 4 N–H and O–H groups in total. The Morgan fingerprint density at radius 2 is 1.85 bits per heavy atom. The highest BCUT2D eigenvalue weighted by atomic mass is 16.4. The summed E-state index contributed by atoms with van der Waals surface area (Å²) in [7, 11) is 2.16. The summed E-state index contributed by atoms with van der Waals surface area (Å²) in [6.07, 6.45) is 6.56. The molecule has 1 aliphatic carbocycles. The minimum absolute atomic E-state index is 0.0232. The molecule has 2 heterocycles. The van der Waals surface area contributed by atoms with Crippen LogP contribution in [0.4, 0.5) is 4.79 Å². The molecule has 176 valence electrons. The minimum Gasteiger partial charge on any atom is -0.478 e. The molecular weight excluding hydrogens is 424 g/mol. The quantitative estimate of drug-likeness (QED) is 0.515. The van der Waals surface area contributed by atoms with Crippen molar-refractivity contribution in [1.29, 1.82) is 0 Å². The molecule has 1 aromatic heterocycles. The molecule has 0 saturated carbocycles. The summed E-state index contributed by atoms with van der Waals surface area (Å²) >= 11 is 0. The molecule has 0 fully saturated rings. The van der Waals surface area contributed by atoms with Crippen LogP contribution in [0.15, 0.2) is 42.6 Å². The third kappa shape index (κ3) is 5.43. The number of aliphatic carboxylic acids is 2. The van der Waals surface area contributed by atoms with Crippen LogP contribution in [-0.4, -0.2) is 81.7 Å². The van der Waals surface area contributed by atoms with E-state index >= 15 is 0 Å². The van der Waals surface area contributed by atoms with Crippen LogP contribution in [0.1, 0.15) is 25.0 Å². The molecule has 33 heavy (non-hydrogen) atoms. The van der Waals surface area contributed by atoms with Crippen molar-refractivity contribution in [3.8, 4) is 0 Å². The maximum absolute atomic E-state index is 12.4. The van der Waals surface area contributed by atoms with E-state index in [4.69, 9.17) is 10.2 Å². The number of carboxylic acid groups (broad SMARTS) is 2. The molecule has 1 aromatic carbocycles. The number of aromatic nitrogens is 1. The van der Waals surface area contributed by atoms with Crippen molar-refractivity contribution in [3.63, 3.8) is 0 Å². The van der Waals surface area contributed by atoms with Crippen molar-refractivity contribution < 1.29 is 24.6 Å². The maximum atomic E-state index is 12.4. The van der Waals surface area contributed by atoms with Gasteiger partial charge in [-0.25, -0.2) is 14.4 Å². The van der Waals surface area contributed by atoms with Gasteiger partial charge in [0.05, 0.1) is 6.04 Å². The molecule has 0 bridgehead atoms. The summed E-state index contributed by atoms with van der Waals surface area (Å²) < 4.78 is 0. The average molecular weight is 455 g/mol. The molecule has 4 rings (SSSR count). The number of carbonyl (C=O) groups is 3. The first-order valence-corrected chi connectivity index (χ1v) is 11.0. The molecule has 0 radical (unpaired) electrons. The second kappa shape index (κ2) is 10.4. The summed E-state index contributed by atoms with van der Waals surface area (Å²) in [5.41, 5.74) is 5.24. The third-order valence-corrected chi connectivity index (χ3v) is 6.00. The van der Waals surface area contributed by atoms with E-state index in [0.717, 1.165) is 26.1 Å². The first-order valence-electron chi connectivity index (χ1n) is 11.0. The predicted octanol–water partition coefficient (Wildman–Crippen LogP) is 2.55. The van der Waals surface area contributed by atoms with E-state index in [-0.39, 0.29) is 12.1 Å². The van der Waals surface area contributed by atoms with Gasteiger partial charge in [-0.05, 0) is 50.1 Å². The molecule has 0 saturated heterocycles. The van der Waals surface area contributed by atoms with Crippen LogP contribution in [0.25, 0.3) is 16.5 Å². The number of benzene rings is 1. The van der Waals surface area contributed by atoms with Gasteiger partial charge < -0.3 is 25.4 Å². The first kappa shape index (κ1) is 24.1. The lowest BCUT2D eigenvalue weighted by atomic mass is 9.81. The summed E-state index contributed by atoms with van der Waals surface area (Å²) in [4.78, 5) is 39.2. The van der Waals surface area contributed by atoms with E-state index < -0.39 is 11.9 Å². The van der Waals surface area contributed by atoms with Crippen LogP contribution in [0.2, 0.25) is 0 Å². The zero-order chi connectivity index (χ0) is 24.1. The van der Waals surface area contributed by atoms with Crippen molar-refractivity contribution in [2.24, 2.45) is 0 Å². The molecular formula is C24H30N4O5. The lowest BCUT2D eigenvalue weighted by molar-refractivity contribution is -0.134. The van der Waals surface area contributed by atoms with Gasteiger partial charge in [0.15, 0.2) is 0 Å². The van der Waals surface area contributed by atoms with Gasteiger partial charge in [-0.3, -0.25) is 4.90 Å². The van der Waals surface area contributed by atoms with Gasteiger partial charge in [0.25, 0.3) is 0 Å². The van der Waals surface area contributed by atoms with Crippen LogP contribution in [0, 0.1) is 0 Å². The fourth-order valence-electron chi connectivity index (χ4n) is 4.45. The van der Waals surface area contributed by atoms with Crippen molar-refractivity contribution in [1.82, 2.24) is 20.1 Å². The van der Waals surface area contributed by atoms with Crippen molar-refractivity contribution in [2.45, 2.75) is 32.4 Å². The highest BCUT2D eigenvalue weighted by Gasteiger charge is 2.34. The van der Waals surface area contributed by atoms with E-state index in [2.05, 4.69) is 52.7 Å². The van der Waals surface area contributed by atoms with Crippen molar-refractivity contribution >= 4 is 34.4 Å². The van der Waals surface area contributed by atoms with Gasteiger partial charge in [-0.1, -0.05) is 18.2 Å². The van der Waals surface area contributed by atoms with E-state index in [1.54, 1.807) is 0 Å². The highest BCUT2D eigenvalue weighted by molar-refractivity contribution is 5.98. The number of aromatic amines is 1. The van der Waals surface area contributed by atoms with Crippen molar-refractivity contribution in [2.75, 3.05) is 26.7 Å². The Morgan fingerprint density at radius 3 is 2.45 bits per heavy atom. The fourth-order valence-corrected chi connectivity index (χ4v) is 4.45. The minimum atomic E-state index is -1.26. The van der Waals surface area contributed by atoms with E-state index in [1.165, 1.54) is 27.6 Å². The molecule has 9 nitrogen and oxygen atoms in total. The second-order valence-electron chi connectivity index (χ2n) is 8.06. The number of H-pyrrole nitrogens is 1. The van der Waals surface area contributed by atoms with Crippen LogP contribution in [-0.2, 0) is 16.0 Å². The van der Waals surface area contributed by atoms with Gasteiger partial charge >= 0.3 is 18.0 Å². The third-order valence-electron chi connectivity index (χ3n) is 6.00. The van der Waals surface area contributed by atoms with Gasteiger partial charge in [-0.15, -0.1) is 0 Å². The summed E-state index contributed by atoms with van der Waals surface area (Å²) in [6, 6.07) is 6.90. The van der Waals surface area contributed by atoms with Gasteiger partial charge in [0.1, 0.15) is 0 Å². The summed E-state index contributed by atoms with van der Waals surface area (Å²) in [5.74, 6) is -2.51. The largest absolute Gasteiger partial charge is 0.478 e. The number of amides is 2. The number of carboxylic acids is 2. The van der Waals surface area contributed by atoms with Gasteiger partial charge in [-0.2, -0.15) is 0 Å². The molecule has 0 spiro atoms. The summed E-state index contributed by atoms with van der Waals surface area (Å²) in [6.45, 7) is 6.34. The number of carbonyl (C=O) groups excluding carboxylic acids is 1. The predicted molar refractivity (Wildman–Crippen MR) is 126 cm³/mol. The molecule has 1 aliphatic heterocycles. The normalized spacial score (nSPS) is 19.3. The Bertz CT molecular complexity index is 1080. The first-order chi connectivity index (χ1) is 15.7. The number of hydrogen-bond donors (Lipinski definition) is 4. The Kier molecular flexibility index (Phi) is 7.55. The smallest absolute Gasteiger partial charge is 0.328 e. The maximum Gasteiger partial charge on any atom is 0.328 e. The topological polar surface area (TPSA) is 126 Å². The summed E-state index contributed by atoms with van der Waals surface area (Å²) in [5, 5.41) is 20.2. The van der Waals surface area contributed by atoms with Crippen LogP contribution in [0.5, 0.6) is 0 Å². The molecule has 1 unspecified atom stereocenters. The van der Waals surface area contributed by atoms with E-state index in [9.17, 15) is 14.4 Å². The lowest BCUT2D eigenvalue weighted by Gasteiger charge is -2.40. The second-order valence-corrected chi connectivity index (χ2v) is 8.06. The Morgan fingerprint density at radius 1 is 1.18 bits per heavy atom. The number of hydrogen-bond acceptors (Lipinski definition) is 4. The number of urea groups is 1. The standard InChI is InChI=1S/C20H26N4O.C4H4O4/c1-4-24(5-2)20(25)22-14-10-16-15-7-6-8-17-19(15)13(11-21-17)9-18(16)23(3)12-14;5-3(6)1-2-4(7)8/h6-8,10-11,14,18,21H,4-5,9,12H2,1-3H3,(H,22,25);1-2H,(H,5,6)(H,7,8)/b;2-1-/t14?,18-;/m1./s1. The van der Waals surface area contributed by atoms with Gasteiger partial charge in [0, 0.05) is 54.9 Å². The fraction of sp³-hybridized carbons (Fsp3) is 0.375. The highest BCUT2D eigenvalue weighted by Crippen LogP contribution is 2.39. The van der Waals surface area contributed by atoms with Crippen molar-refractivity contribution in [3.05, 3.63) is 53.8 Å². The van der Waals surface area contributed by atoms with Gasteiger partial charge in [0.2, 0.25) is 0 Å². The van der Waals surface area contributed by atoms with Crippen LogP contribution < -0.4 is 5.32 Å². The Balaban J connectivity index is 0.000000331. The number of fused-ring (bicyclic) bond motifs is 2. The molecule has 2 amide bonds. The van der Waals surface area contributed by atoms with Crippen LogP contribution >= 0.6 is 0 Å². The zero-order valence-electron chi connectivity index (χ0n) is 19.0. The number of nitrogens with one attached hydrogen (secondary N) is 2. The number of rotatable bonds is 5.